The summed E-state index contributed by atoms with van der Waals surface area (Å²) in [4.78, 5) is -0.129. The van der Waals surface area contributed by atoms with Gasteiger partial charge in [-0.05, 0) is 35.0 Å². The van der Waals surface area contributed by atoms with Crippen LogP contribution in [0.25, 0.3) is 21.5 Å². The summed E-state index contributed by atoms with van der Waals surface area (Å²) in [6.07, 6.45) is 0. The number of fused-ring (bicyclic) bond motifs is 2. The average Bonchev–Trinajstić information content (AvgIpc) is 2.35. The zero-order valence-electron chi connectivity index (χ0n) is 9.74. The second kappa shape index (κ2) is 6.98. The van der Waals surface area contributed by atoms with E-state index in [1.165, 1.54) is 6.07 Å². The van der Waals surface area contributed by atoms with Gasteiger partial charge >= 0.3 is 59.1 Å². The van der Waals surface area contributed by atoms with Crippen molar-refractivity contribution in [2.24, 2.45) is 0 Å². The molecular formula is C14H12Na2O4S. The molecule has 4 nitrogen and oxygen atoms in total. The average molecular weight is 322 g/mol. The summed E-state index contributed by atoms with van der Waals surface area (Å²) in [6.45, 7) is 0. The van der Waals surface area contributed by atoms with E-state index in [-0.39, 0.29) is 69.8 Å². The molecule has 0 fully saturated rings. The number of aromatic hydroxyl groups is 1. The molecule has 0 aliphatic carbocycles. The first-order valence-electron chi connectivity index (χ1n) is 5.59. The van der Waals surface area contributed by atoms with Gasteiger partial charge in [-0.2, -0.15) is 8.42 Å². The third-order valence-electron chi connectivity index (χ3n) is 3.09. The molecule has 100 valence electrons. The van der Waals surface area contributed by atoms with Gasteiger partial charge in [-0.25, -0.2) is 0 Å². The van der Waals surface area contributed by atoms with Gasteiger partial charge in [0.15, 0.2) is 0 Å². The van der Waals surface area contributed by atoms with E-state index in [1.54, 1.807) is 42.5 Å². The Labute approximate surface area is 166 Å². The van der Waals surface area contributed by atoms with Crippen LogP contribution in [0.1, 0.15) is 0 Å². The van der Waals surface area contributed by atoms with E-state index in [4.69, 9.17) is 0 Å². The van der Waals surface area contributed by atoms with E-state index in [2.05, 4.69) is 0 Å². The van der Waals surface area contributed by atoms with Crippen LogP contribution in [0.15, 0.2) is 53.4 Å². The minimum atomic E-state index is -4.27. The fraction of sp³-hybridized carbons (Fsp3) is 0. The second-order valence-corrected chi connectivity index (χ2v) is 5.69. The molecule has 21 heavy (non-hydrogen) atoms. The fourth-order valence-electron chi connectivity index (χ4n) is 2.23. The van der Waals surface area contributed by atoms with E-state index in [1.807, 2.05) is 0 Å². The van der Waals surface area contributed by atoms with E-state index >= 15 is 0 Å². The van der Waals surface area contributed by atoms with Gasteiger partial charge in [0.2, 0.25) is 0 Å². The number of hydrogen-bond acceptors (Lipinski definition) is 3. The van der Waals surface area contributed by atoms with Crippen molar-refractivity contribution in [3.8, 4) is 5.75 Å². The zero-order chi connectivity index (χ0) is 13.6. The van der Waals surface area contributed by atoms with E-state index in [9.17, 15) is 18.1 Å². The third kappa shape index (κ3) is 3.63. The standard InChI is InChI=1S/C14H10O4S.2Na.2H/c15-13-5-1-3-9-8-12-10(7-11(9)13)4-2-6-14(12)19(16,17)18;;;;/h1-8,15H,(H,16,17,18);;;;. The summed E-state index contributed by atoms with van der Waals surface area (Å²) in [6, 6.07) is 13.0. The first-order valence-corrected chi connectivity index (χ1v) is 7.03. The molecule has 0 radical (unpaired) electrons. The Balaban J connectivity index is 0.00000110. The Morgan fingerprint density at radius 3 is 1.95 bits per heavy atom. The van der Waals surface area contributed by atoms with E-state index in [0.717, 1.165) is 0 Å². The molecule has 0 atom stereocenters. The number of phenolic OH excluding ortho intramolecular Hbond substituents is 1. The molecule has 0 saturated carbocycles. The van der Waals surface area contributed by atoms with Crippen LogP contribution >= 0.6 is 0 Å². The molecule has 3 aromatic rings. The van der Waals surface area contributed by atoms with Crippen LogP contribution in [0.3, 0.4) is 0 Å². The Morgan fingerprint density at radius 2 is 1.33 bits per heavy atom. The van der Waals surface area contributed by atoms with Crippen molar-refractivity contribution in [2.75, 3.05) is 0 Å². The Morgan fingerprint density at radius 1 is 0.810 bits per heavy atom. The van der Waals surface area contributed by atoms with Crippen molar-refractivity contribution in [3.05, 3.63) is 48.5 Å². The SMILES string of the molecule is O=S(=O)(O)c1cccc2cc3c(O)cccc3cc12.[NaH].[NaH]. The maximum atomic E-state index is 11.4. The predicted octanol–water partition coefficient (Wildman–Crippen LogP) is 1.65. The number of benzene rings is 3. The van der Waals surface area contributed by atoms with Gasteiger partial charge < -0.3 is 5.11 Å². The van der Waals surface area contributed by atoms with Gasteiger partial charge in [0, 0.05) is 10.8 Å². The Hall–Kier alpha value is -0.110. The molecule has 0 saturated heterocycles. The van der Waals surface area contributed by atoms with Crippen LogP contribution in [-0.2, 0) is 10.1 Å². The third-order valence-corrected chi connectivity index (χ3v) is 4.01. The molecule has 0 spiro atoms. The molecule has 0 unspecified atom stereocenters. The quantitative estimate of drug-likeness (QED) is 0.406. The van der Waals surface area contributed by atoms with Crippen LogP contribution < -0.4 is 0 Å². The van der Waals surface area contributed by atoms with Crippen molar-refractivity contribution in [1.82, 2.24) is 0 Å². The molecule has 0 amide bonds. The first kappa shape index (κ1) is 18.9. The van der Waals surface area contributed by atoms with Crippen molar-refractivity contribution < 1.29 is 18.1 Å². The van der Waals surface area contributed by atoms with Gasteiger partial charge in [0.1, 0.15) is 10.6 Å². The number of phenols is 1. The molecule has 0 aliphatic rings. The van der Waals surface area contributed by atoms with Crippen LogP contribution in [0.2, 0.25) is 0 Å². The van der Waals surface area contributed by atoms with Crippen molar-refractivity contribution in [1.29, 1.82) is 0 Å². The van der Waals surface area contributed by atoms with Crippen molar-refractivity contribution in [2.45, 2.75) is 4.90 Å². The van der Waals surface area contributed by atoms with E-state index < -0.39 is 10.1 Å². The summed E-state index contributed by atoms with van der Waals surface area (Å²) >= 11 is 0. The maximum absolute atomic E-state index is 11.4. The summed E-state index contributed by atoms with van der Waals surface area (Å²) in [5.41, 5.74) is 0. The first-order chi connectivity index (χ1) is 8.97. The Bertz CT molecular complexity index is 907. The van der Waals surface area contributed by atoms with Crippen LogP contribution in [0, 0.1) is 0 Å². The van der Waals surface area contributed by atoms with Gasteiger partial charge in [-0.3, -0.25) is 4.55 Å². The minimum absolute atomic E-state index is 0. The van der Waals surface area contributed by atoms with Gasteiger partial charge in [-0.15, -0.1) is 0 Å². The summed E-state index contributed by atoms with van der Waals surface area (Å²) < 4.78 is 31.9. The topological polar surface area (TPSA) is 74.6 Å². The second-order valence-electron chi connectivity index (χ2n) is 4.30. The Kier molecular flexibility index (Phi) is 6.29. The van der Waals surface area contributed by atoms with Crippen molar-refractivity contribution >= 4 is 90.8 Å². The number of hydrogen-bond donors (Lipinski definition) is 2. The van der Waals surface area contributed by atoms with Gasteiger partial charge in [-0.1, -0.05) is 24.3 Å². The van der Waals surface area contributed by atoms with Gasteiger partial charge in [0.05, 0.1) is 0 Å². The normalized spacial score (nSPS) is 10.9. The zero-order valence-corrected chi connectivity index (χ0v) is 10.6. The summed E-state index contributed by atoms with van der Waals surface area (Å²) in [7, 11) is -4.27. The van der Waals surface area contributed by atoms with Crippen LogP contribution in [0.4, 0.5) is 0 Å². The fourth-order valence-corrected chi connectivity index (χ4v) is 2.94. The van der Waals surface area contributed by atoms with Crippen LogP contribution in [-0.4, -0.2) is 77.2 Å². The number of rotatable bonds is 1. The molecule has 0 aromatic heterocycles. The predicted molar refractivity (Wildman–Crippen MR) is 87.2 cm³/mol. The molecule has 0 aliphatic heterocycles. The molecule has 3 rings (SSSR count). The molecule has 7 heteroatoms. The van der Waals surface area contributed by atoms with Crippen molar-refractivity contribution in [3.63, 3.8) is 0 Å². The van der Waals surface area contributed by atoms with Gasteiger partial charge in [0.25, 0.3) is 10.1 Å². The summed E-state index contributed by atoms with van der Waals surface area (Å²) in [5, 5.41) is 12.2. The molecule has 2 N–H and O–H groups in total. The monoisotopic (exact) mass is 322 g/mol. The molecular weight excluding hydrogens is 310 g/mol. The van der Waals surface area contributed by atoms with Crippen LogP contribution in [0.5, 0.6) is 5.75 Å². The molecule has 0 bridgehead atoms. The summed E-state index contributed by atoms with van der Waals surface area (Å²) in [5.74, 6) is 0.136. The molecule has 0 heterocycles. The molecule has 3 aromatic carbocycles. The van der Waals surface area contributed by atoms with E-state index in [0.29, 0.717) is 21.5 Å².